The lowest BCUT2D eigenvalue weighted by molar-refractivity contribution is 0.0933. The highest BCUT2D eigenvalue weighted by molar-refractivity contribution is 7.92. The van der Waals surface area contributed by atoms with Gasteiger partial charge in [-0.1, -0.05) is 25.7 Å². The molecule has 0 aromatic heterocycles. The van der Waals surface area contributed by atoms with E-state index in [2.05, 4.69) is 5.32 Å². The van der Waals surface area contributed by atoms with Crippen LogP contribution in [0.1, 0.15) is 61.4 Å². The van der Waals surface area contributed by atoms with E-state index >= 15 is 0 Å². The molecule has 132 valence electrons. The quantitative estimate of drug-likeness (QED) is 0.853. The van der Waals surface area contributed by atoms with Crippen LogP contribution < -0.4 is 9.62 Å². The van der Waals surface area contributed by atoms with E-state index in [4.69, 9.17) is 0 Å². The normalized spacial score (nSPS) is 22.1. The maximum atomic E-state index is 12.5. The van der Waals surface area contributed by atoms with E-state index in [9.17, 15) is 13.2 Å². The fraction of sp³-hybridized carbons (Fsp3) is 0.611. The largest absolute Gasteiger partial charge is 0.349 e. The minimum atomic E-state index is -3.29. The summed E-state index contributed by atoms with van der Waals surface area (Å²) < 4.78 is 25.4. The van der Waals surface area contributed by atoms with Gasteiger partial charge in [-0.15, -0.1) is 0 Å². The Morgan fingerprint density at radius 2 is 1.83 bits per heavy atom. The number of amides is 1. The first-order chi connectivity index (χ1) is 11.4. The number of carbonyl (C=O) groups excluding carboxylic acids is 1. The molecule has 1 N–H and O–H groups in total. The molecule has 3 rings (SSSR count). The van der Waals surface area contributed by atoms with Crippen LogP contribution in [-0.4, -0.2) is 32.7 Å². The van der Waals surface area contributed by atoms with Gasteiger partial charge in [0.2, 0.25) is 10.0 Å². The van der Waals surface area contributed by atoms with Gasteiger partial charge in [0.05, 0.1) is 11.9 Å². The van der Waals surface area contributed by atoms with E-state index < -0.39 is 10.0 Å². The van der Waals surface area contributed by atoms with Gasteiger partial charge >= 0.3 is 0 Å². The highest BCUT2D eigenvalue weighted by Crippen LogP contribution is 2.34. The third-order valence-electron chi connectivity index (χ3n) is 5.04. The molecule has 1 aliphatic heterocycles. The number of nitrogens with zero attached hydrogens (tertiary/aromatic N) is 1. The molecule has 1 aliphatic carbocycles. The predicted molar refractivity (Wildman–Crippen MR) is 95.9 cm³/mol. The molecule has 1 heterocycles. The van der Waals surface area contributed by atoms with E-state index in [-0.39, 0.29) is 18.0 Å². The lowest BCUT2D eigenvalue weighted by Crippen LogP contribution is -2.35. The van der Waals surface area contributed by atoms with Crippen LogP contribution in [0.3, 0.4) is 0 Å². The van der Waals surface area contributed by atoms with Crippen LogP contribution >= 0.6 is 0 Å². The summed E-state index contributed by atoms with van der Waals surface area (Å²) in [6.07, 6.45) is 8.84. The van der Waals surface area contributed by atoms with Gasteiger partial charge in [0.15, 0.2) is 0 Å². The van der Waals surface area contributed by atoms with Crippen molar-refractivity contribution in [3.63, 3.8) is 0 Å². The first kappa shape index (κ1) is 17.3. The van der Waals surface area contributed by atoms with Gasteiger partial charge < -0.3 is 5.32 Å². The molecule has 0 unspecified atom stereocenters. The zero-order valence-electron chi connectivity index (χ0n) is 14.4. The Labute approximate surface area is 144 Å². The maximum Gasteiger partial charge on any atom is 0.251 e. The second-order valence-electron chi connectivity index (χ2n) is 7.12. The molecule has 5 nitrogen and oxygen atoms in total. The summed E-state index contributed by atoms with van der Waals surface area (Å²) in [6.45, 7) is 1.90. The second kappa shape index (κ2) is 6.75. The summed E-state index contributed by atoms with van der Waals surface area (Å²) in [4.78, 5) is 12.5. The fourth-order valence-electron chi connectivity index (χ4n) is 3.94. The molecule has 6 heteroatoms. The third-order valence-corrected chi connectivity index (χ3v) is 6.31. The minimum Gasteiger partial charge on any atom is -0.349 e. The molecule has 1 saturated carbocycles. The number of benzene rings is 1. The Morgan fingerprint density at radius 1 is 1.17 bits per heavy atom. The van der Waals surface area contributed by atoms with E-state index in [0.717, 1.165) is 18.4 Å². The molecule has 0 saturated heterocycles. The molecule has 1 aromatic rings. The average molecular weight is 350 g/mol. The molecule has 0 spiro atoms. The molecule has 2 aliphatic rings. The van der Waals surface area contributed by atoms with Crippen molar-refractivity contribution < 1.29 is 13.2 Å². The van der Waals surface area contributed by atoms with Crippen LogP contribution in [0.4, 0.5) is 5.69 Å². The number of hydrogen-bond acceptors (Lipinski definition) is 3. The van der Waals surface area contributed by atoms with E-state index in [1.807, 2.05) is 13.0 Å². The Morgan fingerprint density at radius 3 is 2.46 bits per heavy atom. The van der Waals surface area contributed by atoms with E-state index in [1.54, 1.807) is 12.1 Å². The van der Waals surface area contributed by atoms with Gasteiger partial charge in [-0.3, -0.25) is 9.10 Å². The van der Waals surface area contributed by atoms with Crippen LogP contribution in [-0.2, 0) is 16.4 Å². The Hall–Kier alpha value is -1.56. The second-order valence-corrected chi connectivity index (χ2v) is 8.98. The van der Waals surface area contributed by atoms with Crippen molar-refractivity contribution in [1.29, 1.82) is 0 Å². The first-order valence-electron chi connectivity index (χ1n) is 8.79. The van der Waals surface area contributed by atoms with Gasteiger partial charge in [0.1, 0.15) is 0 Å². The molecule has 1 fully saturated rings. The average Bonchev–Trinajstić information content (AvgIpc) is 2.66. The SMILES string of the molecule is C[C@@H]1Cc2cc(C(=O)NC3CCCCCC3)ccc2N1S(C)(=O)=O. The van der Waals surface area contributed by atoms with Crippen molar-refractivity contribution in [2.24, 2.45) is 0 Å². The van der Waals surface area contributed by atoms with Gasteiger partial charge in [-0.25, -0.2) is 8.42 Å². The topological polar surface area (TPSA) is 66.5 Å². The zero-order valence-corrected chi connectivity index (χ0v) is 15.2. The van der Waals surface area contributed by atoms with Crippen LogP contribution in [0.2, 0.25) is 0 Å². The van der Waals surface area contributed by atoms with E-state index in [0.29, 0.717) is 17.7 Å². The van der Waals surface area contributed by atoms with Crippen LogP contribution in [0.15, 0.2) is 18.2 Å². The van der Waals surface area contributed by atoms with E-state index in [1.165, 1.54) is 36.2 Å². The van der Waals surface area contributed by atoms with Gasteiger partial charge in [-0.2, -0.15) is 0 Å². The monoisotopic (exact) mass is 350 g/mol. The summed E-state index contributed by atoms with van der Waals surface area (Å²) in [7, 11) is -3.29. The standard InChI is InChI=1S/C18H26N2O3S/c1-13-11-15-12-14(9-10-17(15)20(13)24(2,22)23)18(21)19-16-7-5-3-4-6-8-16/h9-10,12-13,16H,3-8,11H2,1-2H3,(H,19,21)/t13-/m1/s1. The van der Waals surface area contributed by atoms with Crippen molar-refractivity contribution in [1.82, 2.24) is 5.32 Å². The Kier molecular flexibility index (Phi) is 4.85. The molecule has 1 atom stereocenters. The minimum absolute atomic E-state index is 0.0461. The van der Waals surface area contributed by atoms with Crippen molar-refractivity contribution in [2.75, 3.05) is 10.6 Å². The van der Waals surface area contributed by atoms with Crippen molar-refractivity contribution in [2.45, 2.75) is 64.0 Å². The van der Waals surface area contributed by atoms with Crippen LogP contribution in [0.25, 0.3) is 0 Å². The number of carbonyl (C=O) groups is 1. The predicted octanol–water partition coefficient (Wildman–Crippen LogP) is 2.85. The number of nitrogens with one attached hydrogen (secondary N) is 1. The molecule has 0 radical (unpaired) electrons. The molecule has 24 heavy (non-hydrogen) atoms. The number of rotatable bonds is 3. The number of hydrogen-bond donors (Lipinski definition) is 1. The summed E-state index contributed by atoms with van der Waals surface area (Å²) in [5.41, 5.74) is 2.26. The summed E-state index contributed by atoms with van der Waals surface area (Å²) in [5.74, 6) is -0.0461. The van der Waals surface area contributed by atoms with Crippen LogP contribution in [0, 0.1) is 0 Å². The summed E-state index contributed by atoms with van der Waals surface area (Å²) in [5, 5.41) is 3.15. The van der Waals surface area contributed by atoms with Gasteiger partial charge in [0, 0.05) is 17.6 Å². The van der Waals surface area contributed by atoms with Crippen molar-refractivity contribution in [3.05, 3.63) is 29.3 Å². The molecular formula is C18H26N2O3S. The summed E-state index contributed by atoms with van der Waals surface area (Å²) >= 11 is 0. The smallest absolute Gasteiger partial charge is 0.251 e. The highest BCUT2D eigenvalue weighted by Gasteiger charge is 2.32. The highest BCUT2D eigenvalue weighted by atomic mass is 32.2. The zero-order chi connectivity index (χ0) is 17.3. The van der Waals surface area contributed by atoms with Crippen LogP contribution in [0.5, 0.6) is 0 Å². The Bertz CT molecular complexity index is 722. The Balaban J connectivity index is 1.77. The fourth-order valence-corrected chi connectivity index (χ4v) is 5.21. The lowest BCUT2D eigenvalue weighted by Gasteiger charge is -2.22. The third kappa shape index (κ3) is 3.58. The number of anilines is 1. The van der Waals surface area contributed by atoms with Crippen molar-refractivity contribution in [3.8, 4) is 0 Å². The first-order valence-corrected chi connectivity index (χ1v) is 10.6. The molecule has 0 bridgehead atoms. The maximum absolute atomic E-state index is 12.5. The number of fused-ring (bicyclic) bond motifs is 1. The summed E-state index contributed by atoms with van der Waals surface area (Å²) in [6, 6.07) is 5.52. The molecule has 1 amide bonds. The number of sulfonamides is 1. The van der Waals surface area contributed by atoms with Gasteiger partial charge in [0.25, 0.3) is 5.91 Å². The lowest BCUT2D eigenvalue weighted by atomic mass is 10.0. The molecular weight excluding hydrogens is 324 g/mol. The van der Waals surface area contributed by atoms with Gasteiger partial charge in [-0.05, 0) is 49.9 Å². The van der Waals surface area contributed by atoms with Crippen molar-refractivity contribution >= 4 is 21.6 Å². The molecule has 1 aromatic carbocycles.